The van der Waals surface area contributed by atoms with E-state index in [1.54, 1.807) is 12.1 Å². The zero-order chi connectivity index (χ0) is 25.5. The molecule has 2 unspecified atom stereocenters. The predicted molar refractivity (Wildman–Crippen MR) is 119 cm³/mol. The van der Waals surface area contributed by atoms with Gasteiger partial charge in [-0.25, -0.2) is 26.3 Å². The molecular formula is C26H28F6O3. The second-order valence-corrected chi connectivity index (χ2v) is 7.67. The highest BCUT2D eigenvalue weighted by molar-refractivity contribution is 5.16. The lowest BCUT2D eigenvalue weighted by atomic mass is 10.2. The van der Waals surface area contributed by atoms with Crippen LogP contribution in [0.5, 0.6) is 0 Å². The van der Waals surface area contributed by atoms with Gasteiger partial charge in [-0.1, -0.05) is 36.4 Å². The summed E-state index contributed by atoms with van der Waals surface area (Å²) < 4.78 is 96.3. The highest BCUT2D eigenvalue weighted by atomic mass is 19.2. The van der Waals surface area contributed by atoms with Gasteiger partial charge in [-0.15, -0.1) is 0 Å². The maximum atomic E-state index is 13.7. The summed E-state index contributed by atoms with van der Waals surface area (Å²) in [5, 5.41) is 0. The van der Waals surface area contributed by atoms with Gasteiger partial charge in [0, 0.05) is 36.8 Å². The van der Waals surface area contributed by atoms with Crippen molar-refractivity contribution in [2.75, 3.05) is 0 Å². The van der Waals surface area contributed by atoms with Gasteiger partial charge in [-0.3, -0.25) is 0 Å². The number of benzene rings is 2. The molecular weight excluding hydrogens is 474 g/mol. The van der Waals surface area contributed by atoms with E-state index in [-0.39, 0.29) is 62.9 Å². The zero-order valence-corrected chi connectivity index (χ0v) is 19.1. The van der Waals surface area contributed by atoms with Gasteiger partial charge in [-0.05, 0) is 25.0 Å². The van der Waals surface area contributed by atoms with Crippen molar-refractivity contribution in [3.8, 4) is 0 Å². The third-order valence-corrected chi connectivity index (χ3v) is 4.84. The van der Waals surface area contributed by atoms with Crippen LogP contribution < -0.4 is 0 Å². The van der Waals surface area contributed by atoms with Gasteiger partial charge >= 0.3 is 0 Å². The van der Waals surface area contributed by atoms with E-state index in [4.69, 9.17) is 14.2 Å². The monoisotopic (exact) mass is 502 g/mol. The molecule has 0 aromatic heterocycles. The number of ether oxygens (including phenoxy) is 3. The fourth-order valence-electron chi connectivity index (χ4n) is 2.92. The Morgan fingerprint density at radius 2 is 1.09 bits per heavy atom. The van der Waals surface area contributed by atoms with Crippen molar-refractivity contribution in [1.29, 1.82) is 0 Å². The first-order chi connectivity index (χ1) is 16.8. The molecule has 0 heterocycles. The third kappa shape index (κ3) is 12.0. The molecule has 2 aromatic rings. The molecule has 0 saturated carbocycles. The summed E-state index contributed by atoms with van der Waals surface area (Å²) in [6, 6.07) is 11.7. The van der Waals surface area contributed by atoms with Gasteiger partial charge < -0.3 is 14.2 Å². The van der Waals surface area contributed by atoms with E-state index in [9.17, 15) is 26.3 Å². The second kappa shape index (κ2) is 16.0. The molecule has 192 valence electrons. The van der Waals surface area contributed by atoms with Crippen molar-refractivity contribution in [2.45, 2.75) is 64.5 Å². The minimum absolute atomic E-state index is 0.0983. The minimum Gasteiger partial charge on any atom is -0.467 e. The van der Waals surface area contributed by atoms with E-state index < -0.39 is 36.0 Å². The van der Waals surface area contributed by atoms with Crippen molar-refractivity contribution in [2.24, 2.45) is 0 Å². The summed E-state index contributed by atoms with van der Waals surface area (Å²) in [6.07, 6.45) is -2.30. The quantitative estimate of drug-likeness (QED) is 0.171. The molecule has 9 heteroatoms. The minimum atomic E-state index is -1.68. The highest BCUT2D eigenvalue weighted by Crippen LogP contribution is 2.18. The van der Waals surface area contributed by atoms with Crippen molar-refractivity contribution >= 4 is 0 Å². The van der Waals surface area contributed by atoms with Crippen LogP contribution in [-0.2, 0) is 27.4 Å². The number of hydrogen-bond acceptors (Lipinski definition) is 3. The summed E-state index contributed by atoms with van der Waals surface area (Å²) in [5.41, 5.74) is 0.446. The number of alkyl halides is 2. The molecule has 0 bridgehead atoms. The van der Waals surface area contributed by atoms with Crippen molar-refractivity contribution in [1.82, 2.24) is 0 Å². The summed E-state index contributed by atoms with van der Waals surface area (Å²) in [6.45, 7) is -0.472. The van der Waals surface area contributed by atoms with E-state index >= 15 is 0 Å². The summed E-state index contributed by atoms with van der Waals surface area (Å²) in [4.78, 5) is 0. The average Bonchev–Trinajstić information content (AvgIpc) is 2.83. The Bertz CT molecular complexity index is 875. The molecule has 0 radical (unpaired) electrons. The normalized spacial score (nSPS) is 14.1. The smallest absolute Gasteiger partial charge is 0.199 e. The van der Waals surface area contributed by atoms with Crippen LogP contribution in [0.4, 0.5) is 26.3 Å². The molecule has 0 aliphatic carbocycles. The summed E-state index contributed by atoms with van der Waals surface area (Å²) >= 11 is 0. The topological polar surface area (TPSA) is 27.7 Å². The SMILES string of the molecule is FC(=COC=C(F)CCCC(F)OCc1ccccc1F)CCCC(F)OCc1ccccc1F. The van der Waals surface area contributed by atoms with Gasteiger partial charge in [0.25, 0.3) is 0 Å². The Hall–Kier alpha value is -2.78. The Kier molecular flexibility index (Phi) is 13.0. The fourth-order valence-corrected chi connectivity index (χ4v) is 2.92. The molecule has 0 aliphatic heterocycles. The Labute approximate surface area is 201 Å². The maximum Gasteiger partial charge on any atom is 0.199 e. The molecule has 0 fully saturated rings. The van der Waals surface area contributed by atoms with Crippen molar-refractivity contribution in [3.63, 3.8) is 0 Å². The predicted octanol–water partition coefficient (Wildman–Crippen LogP) is 8.27. The third-order valence-electron chi connectivity index (χ3n) is 4.84. The van der Waals surface area contributed by atoms with Crippen LogP contribution in [-0.4, -0.2) is 12.7 Å². The van der Waals surface area contributed by atoms with Crippen LogP contribution in [0.25, 0.3) is 0 Å². The number of rotatable bonds is 16. The molecule has 0 amide bonds. The molecule has 0 saturated heterocycles. The van der Waals surface area contributed by atoms with Crippen LogP contribution in [0.15, 0.2) is 72.7 Å². The second-order valence-electron chi connectivity index (χ2n) is 7.67. The fraction of sp³-hybridized carbons (Fsp3) is 0.385. The van der Waals surface area contributed by atoms with Crippen LogP contribution in [0.3, 0.4) is 0 Å². The van der Waals surface area contributed by atoms with Crippen LogP contribution in [0.2, 0.25) is 0 Å². The lowest BCUT2D eigenvalue weighted by molar-refractivity contribution is -0.0556. The Morgan fingerprint density at radius 1 is 0.686 bits per heavy atom. The molecule has 0 spiro atoms. The maximum absolute atomic E-state index is 13.7. The standard InChI is InChI=1S/C26H28F6O3/c27-21(9-5-13-25(31)34-15-19-7-1-3-11-23(19)29)17-33-18-22(28)10-6-14-26(32)35-16-20-8-2-4-12-24(20)30/h1-4,7-8,11-12,17-18,25-26H,5-6,9-10,13-16H2. The molecule has 2 atom stereocenters. The van der Waals surface area contributed by atoms with Gasteiger partial charge in [-0.2, -0.15) is 0 Å². The van der Waals surface area contributed by atoms with Crippen molar-refractivity contribution < 1.29 is 40.6 Å². The van der Waals surface area contributed by atoms with E-state index in [1.165, 1.54) is 36.4 Å². The van der Waals surface area contributed by atoms with E-state index in [0.717, 1.165) is 0 Å². The average molecular weight is 502 g/mol. The number of hydrogen-bond donors (Lipinski definition) is 0. The van der Waals surface area contributed by atoms with Gasteiger partial charge in [0.1, 0.15) is 35.8 Å². The Morgan fingerprint density at radius 3 is 1.49 bits per heavy atom. The van der Waals surface area contributed by atoms with Gasteiger partial charge in [0.2, 0.25) is 0 Å². The largest absolute Gasteiger partial charge is 0.467 e. The van der Waals surface area contributed by atoms with E-state index in [2.05, 4.69) is 0 Å². The first-order valence-electron chi connectivity index (χ1n) is 11.2. The zero-order valence-electron chi connectivity index (χ0n) is 19.1. The number of halogens is 6. The summed E-state index contributed by atoms with van der Waals surface area (Å²) in [7, 11) is 0. The summed E-state index contributed by atoms with van der Waals surface area (Å²) in [5.74, 6) is -2.44. The molecule has 0 aliphatic rings. The molecule has 3 nitrogen and oxygen atoms in total. The molecule has 2 aromatic carbocycles. The van der Waals surface area contributed by atoms with Crippen LogP contribution in [0.1, 0.15) is 49.7 Å². The first-order valence-corrected chi connectivity index (χ1v) is 11.2. The lowest BCUT2D eigenvalue weighted by Crippen LogP contribution is -2.07. The van der Waals surface area contributed by atoms with Gasteiger partial charge in [0.05, 0.1) is 13.2 Å². The van der Waals surface area contributed by atoms with Gasteiger partial charge in [0.15, 0.2) is 12.7 Å². The molecule has 0 N–H and O–H groups in total. The van der Waals surface area contributed by atoms with Crippen LogP contribution >= 0.6 is 0 Å². The lowest BCUT2D eigenvalue weighted by Gasteiger charge is -2.10. The molecule has 35 heavy (non-hydrogen) atoms. The van der Waals surface area contributed by atoms with E-state index in [0.29, 0.717) is 12.5 Å². The van der Waals surface area contributed by atoms with Crippen molar-refractivity contribution in [3.05, 3.63) is 95.5 Å². The Balaban J connectivity index is 1.55. The highest BCUT2D eigenvalue weighted by Gasteiger charge is 2.11. The number of allylic oxidation sites excluding steroid dienone is 2. The van der Waals surface area contributed by atoms with Crippen LogP contribution in [0, 0.1) is 11.6 Å². The first kappa shape index (κ1) is 28.5. The molecule has 2 rings (SSSR count). The van der Waals surface area contributed by atoms with E-state index in [1.807, 2.05) is 0 Å².